The van der Waals surface area contributed by atoms with Crippen LogP contribution in [0.3, 0.4) is 0 Å². The van der Waals surface area contributed by atoms with E-state index in [-0.39, 0.29) is 28.0 Å². The lowest BCUT2D eigenvalue weighted by Gasteiger charge is -2.24. The first-order valence-electron chi connectivity index (χ1n) is 10.5. The first-order valence-corrected chi connectivity index (χ1v) is 13.0. The molecule has 3 aromatic rings. The lowest BCUT2D eigenvalue weighted by molar-refractivity contribution is -0.0437. The predicted octanol–water partition coefficient (Wildman–Crippen LogP) is 5.43. The van der Waals surface area contributed by atoms with Crippen molar-refractivity contribution in [3.8, 4) is 17.2 Å². The van der Waals surface area contributed by atoms with Gasteiger partial charge in [-0.25, -0.2) is 0 Å². The molecule has 0 unspecified atom stereocenters. The Bertz CT molecular complexity index is 1380. The second-order valence-corrected chi connectivity index (χ2v) is 10.7. The average Bonchev–Trinajstić information content (AvgIpc) is 2.86. The Morgan fingerprint density at radius 1 is 0.973 bits per heavy atom. The molecule has 0 spiro atoms. The highest BCUT2D eigenvalue weighted by atomic mass is 127. The second kappa shape index (κ2) is 11.5. The quantitative estimate of drug-likeness (QED) is 0.311. The van der Waals surface area contributed by atoms with Crippen LogP contribution in [0.15, 0.2) is 60.7 Å². The molecule has 0 radical (unpaired) electrons. The monoisotopic (exact) mass is 650 g/mol. The Hall–Kier alpha value is -3.20. The Labute approximate surface area is 225 Å². The highest BCUT2D eigenvalue weighted by Crippen LogP contribution is 2.38. The van der Waals surface area contributed by atoms with E-state index in [1.807, 2.05) is 0 Å². The van der Waals surface area contributed by atoms with Gasteiger partial charge in [-0.2, -0.15) is 21.6 Å². The molecule has 0 aromatic heterocycles. The molecule has 0 saturated carbocycles. The zero-order valence-electron chi connectivity index (χ0n) is 19.8. The topological polar surface area (TPSA) is 94.2 Å². The molecule has 0 aliphatic rings. The maximum absolute atomic E-state index is 13.2. The number of benzene rings is 3. The molecule has 13 heteroatoms. The van der Waals surface area contributed by atoms with Crippen LogP contribution in [-0.4, -0.2) is 41.1 Å². The molecule has 37 heavy (non-hydrogen) atoms. The Kier molecular flexibility index (Phi) is 8.79. The number of carbonyl (C=O) groups is 1. The van der Waals surface area contributed by atoms with Crippen molar-refractivity contribution in [1.82, 2.24) is 0 Å². The minimum atomic E-state index is -5.72. The number of carbonyl (C=O) groups excluding carboxylic acids is 1. The summed E-state index contributed by atoms with van der Waals surface area (Å²) >= 11 is 2.09. The molecular formula is C24H22F3IN2O6S. The van der Waals surface area contributed by atoms with E-state index < -0.39 is 21.4 Å². The number of amides is 1. The van der Waals surface area contributed by atoms with Gasteiger partial charge in [-0.3, -0.25) is 9.10 Å². The standard InChI is InChI=1S/C24H22F3IN2O6S/c1-30(37(32,33)24(25,26)27)20-10-8-18(29-23(31)15-4-6-17(28)7-5-15)13-22(20)36-14-16-12-19(34-2)9-11-21(16)35-3/h4-13H,14H2,1-3H3,(H,29,31). The highest BCUT2D eigenvalue weighted by molar-refractivity contribution is 14.1. The lowest BCUT2D eigenvalue weighted by Crippen LogP contribution is -2.38. The molecule has 0 aliphatic carbocycles. The first-order chi connectivity index (χ1) is 17.4. The van der Waals surface area contributed by atoms with Gasteiger partial charge in [0.1, 0.15) is 23.9 Å². The molecule has 0 heterocycles. The van der Waals surface area contributed by atoms with Crippen molar-refractivity contribution in [1.29, 1.82) is 0 Å². The summed E-state index contributed by atoms with van der Waals surface area (Å²) in [6, 6.07) is 15.2. The highest BCUT2D eigenvalue weighted by Gasteiger charge is 2.49. The van der Waals surface area contributed by atoms with E-state index in [2.05, 4.69) is 27.9 Å². The number of alkyl halides is 3. The summed E-state index contributed by atoms with van der Waals surface area (Å²) in [6.07, 6.45) is 0. The van der Waals surface area contributed by atoms with Crippen LogP contribution in [0.2, 0.25) is 0 Å². The zero-order valence-corrected chi connectivity index (χ0v) is 22.8. The van der Waals surface area contributed by atoms with E-state index in [9.17, 15) is 26.4 Å². The first kappa shape index (κ1) is 28.4. The van der Waals surface area contributed by atoms with Crippen molar-refractivity contribution in [3.05, 3.63) is 75.4 Å². The van der Waals surface area contributed by atoms with Gasteiger partial charge in [-0.15, -0.1) is 0 Å². The molecule has 8 nitrogen and oxygen atoms in total. The maximum atomic E-state index is 13.2. The third-order valence-electron chi connectivity index (χ3n) is 5.19. The summed E-state index contributed by atoms with van der Waals surface area (Å²) in [7, 11) is -2.06. The van der Waals surface area contributed by atoms with E-state index in [0.717, 1.165) is 16.7 Å². The van der Waals surface area contributed by atoms with Crippen molar-refractivity contribution >= 4 is 49.9 Å². The number of hydrogen-bond acceptors (Lipinski definition) is 6. The van der Waals surface area contributed by atoms with Crippen molar-refractivity contribution in [2.45, 2.75) is 12.1 Å². The van der Waals surface area contributed by atoms with Gasteiger partial charge >= 0.3 is 15.5 Å². The number of nitrogens with zero attached hydrogens (tertiary/aromatic N) is 1. The van der Waals surface area contributed by atoms with Crippen LogP contribution in [0.4, 0.5) is 24.5 Å². The number of methoxy groups -OCH3 is 2. The van der Waals surface area contributed by atoms with Crippen molar-refractivity contribution in [2.24, 2.45) is 0 Å². The van der Waals surface area contributed by atoms with Gasteiger partial charge in [0.05, 0.1) is 19.9 Å². The van der Waals surface area contributed by atoms with Gasteiger partial charge in [-0.1, -0.05) is 0 Å². The Morgan fingerprint density at radius 3 is 2.24 bits per heavy atom. The van der Waals surface area contributed by atoms with Gasteiger partial charge in [0, 0.05) is 33.5 Å². The Morgan fingerprint density at radius 2 is 1.65 bits per heavy atom. The number of nitrogens with one attached hydrogen (secondary N) is 1. The molecule has 0 atom stereocenters. The number of rotatable bonds is 9. The van der Waals surface area contributed by atoms with Crippen LogP contribution in [0, 0.1) is 3.57 Å². The van der Waals surface area contributed by atoms with Crippen LogP contribution in [0.5, 0.6) is 17.2 Å². The molecule has 1 amide bonds. The molecule has 3 rings (SSSR count). The van der Waals surface area contributed by atoms with E-state index >= 15 is 0 Å². The summed E-state index contributed by atoms with van der Waals surface area (Å²) in [5, 5.41) is 2.64. The third kappa shape index (κ3) is 6.57. The van der Waals surface area contributed by atoms with Crippen molar-refractivity contribution < 1.29 is 40.6 Å². The minimum absolute atomic E-state index is 0.0792. The molecule has 3 aromatic carbocycles. The largest absolute Gasteiger partial charge is 0.516 e. The predicted molar refractivity (Wildman–Crippen MR) is 141 cm³/mol. The van der Waals surface area contributed by atoms with Crippen LogP contribution in [0.1, 0.15) is 15.9 Å². The Balaban J connectivity index is 1.99. The SMILES string of the molecule is COc1ccc(OC)c(COc2cc(NC(=O)c3ccc(I)cc3)ccc2N(C)S(=O)(=O)C(F)(F)F)c1. The fraction of sp³-hybridized carbons (Fsp3) is 0.208. The van der Waals surface area contributed by atoms with Gasteiger partial charge in [0.15, 0.2) is 0 Å². The van der Waals surface area contributed by atoms with Crippen LogP contribution in [-0.2, 0) is 16.6 Å². The van der Waals surface area contributed by atoms with E-state index in [1.54, 1.807) is 42.5 Å². The second-order valence-electron chi connectivity index (χ2n) is 7.53. The van der Waals surface area contributed by atoms with Crippen molar-refractivity contribution in [2.75, 3.05) is 30.9 Å². The van der Waals surface area contributed by atoms with E-state index in [0.29, 0.717) is 22.6 Å². The summed E-state index contributed by atoms with van der Waals surface area (Å²) < 4.78 is 81.2. The van der Waals surface area contributed by atoms with Crippen LogP contribution < -0.4 is 23.8 Å². The van der Waals surface area contributed by atoms with Crippen LogP contribution in [0.25, 0.3) is 0 Å². The average molecular weight is 650 g/mol. The maximum Gasteiger partial charge on any atom is 0.516 e. The number of halogens is 4. The minimum Gasteiger partial charge on any atom is -0.497 e. The van der Waals surface area contributed by atoms with E-state index in [4.69, 9.17) is 14.2 Å². The van der Waals surface area contributed by atoms with Gasteiger partial charge in [0.2, 0.25) is 0 Å². The number of sulfonamides is 1. The summed E-state index contributed by atoms with van der Waals surface area (Å²) in [5.41, 5.74) is -4.90. The molecular weight excluding hydrogens is 628 g/mol. The number of ether oxygens (including phenoxy) is 3. The zero-order chi connectivity index (χ0) is 27.4. The molecule has 0 saturated heterocycles. The molecule has 0 bridgehead atoms. The number of anilines is 2. The van der Waals surface area contributed by atoms with Gasteiger partial charge in [0.25, 0.3) is 5.91 Å². The molecule has 198 valence electrons. The smallest absolute Gasteiger partial charge is 0.497 e. The summed E-state index contributed by atoms with van der Waals surface area (Å²) in [4.78, 5) is 12.6. The normalized spacial score (nSPS) is 11.5. The van der Waals surface area contributed by atoms with Crippen LogP contribution >= 0.6 is 22.6 Å². The lowest BCUT2D eigenvalue weighted by atomic mass is 10.2. The van der Waals surface area contributed by atoms with Crippen molar-refractivity contribution in [3.63, 3.8) is 0 Å². The van der Waals surface area contributed by atoms with Gasteiger partial charge in [-0.05, 0) is 77.2 Å². The molecule has 1 N–H and O–H groups in total. The van der Waals surface area contributed by atoms with E-state index in [1.165, 1.54) is 26.4 Å². The fourth-order valence-electron chi connectivity index (χ4n) is 3.21. The molecule has 0 aliphatic heterocycles. The summed E-state index contributed by atoms with van der Waals surface area (Å²) in [5.74, 6) is 0.207. The fourth-order valence-corrected chi connectivity index (χ4v) is 4.29. The molecule has 0 fully saturated rings. The third-order valence-corrected chi connectivity index (χ3v) is 7.41. The van der Waals surface area contributed by atoms with Gasteiger partial charge < -0.3 is 19.5 Å². The number of hydrogen-bond donors (Lipinski definition) is 1. The summed E-state index contributed by atoms with van der Waals surface area (Å²) in [6.45, 7) is -0.207.